The average molecular weight is 217 g/mol. The molecular weight excluding hydrogens is 211 g/mol. The Bertz CT molecular complexity index is 418. The minimum absolute atomic E-state index is 0.341. The fraction of sp³-hybridized carbons (Fsp3) is 0. The van der Waals surface area contributed by atoms with E-state index in [9.17, 15) is 18.0 Å². The molecule has 1 aromatic carbocycles. The summed E-state index contributed by atoms with van der Waals surface area (Å²) in [5.41, 5.74) is -0.341. The van der Waals surface area contributed by atoms with Gasteiger partial charge in [0.2, 0.25) is 0 Å². The van der Waals surface area contributed by atoms with E-state index in [1.807, 2.05) is 0 Å². The van der Waals surface area contributed by atoms with Crippen molar-refractivity contribution in [3.8, 4) is 0 Å². The van der Waals surface area contributed by atoms with Crippen LogP contribution < -0.4 is 5.32 Å². The number of anilines is 1. The van der Waals surface area contributed by atoms with Gasteiger partial charge in [0.05, 0.1) is 5.69 Å². The third kappa shape index (κ3) is 2.73. The lowest BCUT2D eigenvalue weighted by molar-refractivity contribution is -0.131. The molecule has 1 rings (SSSR count). The summed E-state index contributed by atoms with van der Waals surface area (Å²) in [4.78, 5) is 10.0. The average Bonchev–Trinajstić information content (AvgIpc) is 2.18. The number of benzene rings is 1. The van der Waals surface area contributed by atoms with Crippen LogP contribution >= 0.6 is 0 Å². The molecular formula is C9H6F3NO2. The predicted molar refractivity (Wildman–Crippen MR) is 46.7 cm³/mol. The van der Waals surface area contributed by atoms with Crippen LogP contribution in [0.2, 0.25) is 0 Å². The Kier molecular flexibility index (Phi) is 3.33. The van der Waals surface area contributed by atoms with Crippen LogP contribution in [0.3, 0.4) is 0 Å². The van der Waals surface area contributed by atoms with Crippen LogP contribution in [0.1, 0.15) is 0 Å². The minimum Gasteiger partial charge on any atom is -0.478 e. The lowest BCUT2D eigenvalue weighted by Gasteiger charge is -2.03. The van der Waals surface area contributed by atoms with Crippen molar-refractivity contribution >= 4 is 11.7 Å². The second-order valence-electron chi connectivity index (χ2n) is 2.54. The monoisotopic (exact) mass is 217 g/mol. The van der Waals surface area contributed by atoms with Gasteiger partial charge in [-0.05, 0) is 12.1 Å². The Morgan fingerprint density at radius 1 is 1.27 bits per heavy atom. The Morgan fingerprint density at radius 3 is 2.53 bits per heavy atom. The summed E-state index contributed by atoms with van der Waals surface area (Å²) in [6.45, 7) is 0. The van der Waals surface area contributed by atoms with Crippen molar-refractivity contribution in [2.24, 2.45) is 0 Å². The summed E-state index contributed by atoms with van der Waals surface area (Å²) in [5.74, 6) is -5.56. The van der Waals surface area contributed by atoms with Gasteiger partial charge in [-0.1, -0.05) is 0 Å². The second kappa shape index (κ2) is 4.50. The Hall–Kier alpha value is -1.98. The first-order valence-electron chi connectivity index (χ1n) is 3.82. The predicted octanol–water partition coefficient (Wildman–Crippen LogP) is 2.11. The molecule has 0 aliphatic heterocycles. The third-order valence-corrected chi connectivity index (χ3v) is 1.50. The summed E-state index contributed by atoms with van der Waals surface area (Å²) in [7, 11) is 0. The van der Waals surface area contributed by atoms with Gasteiger partial charge in [0, 0.05) is 12.3 Å². The topological polar surface area (TPSA) is 49.3 Å². The van der Waals surface area contributed by atoms with Gasteiger partial charge >= 0.3 is 5.97 Å². The van der Waals surface area contributed by atoms with E-state index in [0.29, 0.717) is 6.08 Å². The van der Waals surface area contributed by atoms with Crippen LogP contribution in [0, 0.1) is 17.5 Å². The molecule has 0 heterocycles. The molecule has 0 amide bonds. The smallest absolute Gasteiger partial charge is 0.329 e. The lowest BCUT2D eigenvalue weighted by atomic mass is 10.3. The Balaban J connectivity index is 2.87. The minimum atomic E-state index is -1.61. The third-order valence-electron chi connectivity index (χ3n) is 1.50. The van der Waals surface area contributed by atoms with Crippen molar-refractivity contribution in [2.45, 2.75) is 0 Å². The van der Waals surface area contributed by atoms with E-state index in [1.165, 1.54) is 0 Å². The largest absolute Gasteiger partial charge is 0.478 e. The standard InChI is InChI=1S/C9H6F3NO2/c10-5-1-2-6(9(12)8(5)11)13-4-3-7(14)15/h1-4,13H,(H,14,15)/b4-3+. The second-order valence-corrected chi connectivity index (χ2v) is 2.54. The molecule has 0 aromatic heterocycles. The number of carboxylic acids is 1. The molecule has 2 N–H and O–H groups in total. The van der Waals surface area contributed by atoms with Crippen molar-refractivity contribution in [1.82, 2.24) is 0 Å². The van der Waals surface area contributed by atoms with Crippen LogP contribution in [-0.2, 0) is 4.79 Å². The van der Waals surface area contributed by atoms with Gasteiger partial charge in [-0.2, -0.15) is 0 Å². The maximum Gasteiger partial charge on any atom is 0.329 e. The van der Waals surface area contributed by atoms with Crippen molar-refractivity contribution in [3.63, 3.8) is 0 Å². The highest BCUT2D eigenvalue weighted by molar-refractivity contribution is 5.80. The first-order chi connectivity index (χ1) is 7.02. The Morgan fingerprint density at radius 2 is 1.93 bits per heavy atom. The maximum atomic E-state index is 12.9. The summed E-state index contributed by atoms with van der Waals surface area (Å²) in [6, 6.07) is 1.69. The number of hydrogen-bond donors (Lipinski definition) is 2. The molecule has 0 unspecified atom stereocenters. The summed E-state index contributed by atoms with van der Waals surface area (Å²) < 4.78 is 38.0. The lowest BCUT2D eigenvalue weighted by Crippen LogP contribution is -1.98. The van der Waals surface area contributed by atoms with Gasteiger partial charge in [0.25, 0.3) is 0 Å². The van der Waals surface area contributed by atoms with E-state index in [1.54, 1.807) is 0 Å². The van der Waals surface area contributed by atoms with E-state index in [0.717, 1.165) is 18.3 Å². The first kappa shape index (κ1) is 11.1. The molecule has 3 nitrogen and oxygen atoms in total. The number of aliphatic carboxylic acids is 1. The first-order valence-corrected chi connectivity index (χ1v) is 3.82. The molecule has 0 saturated heterocycles. The molecule has 1 aromatic rings. The molecule has 0 fully saturated rings. The highest BCUT2D eigenvalue weighted by Crippen LogP contribution is 2.19. The molecule has 80 valence electrons. The van der Waals surface area contributed by atoms with Crippen LogP contribution in [0.15, 0.2) is 24.4 Å². The molecule has 0 atom stereocenters. The quantitative estimate of drug-likeness (QED) is 0.602. The fourth-order valence-electron chi connectivity index (χ4n) is 0.840. The van der Waals surface area contributed by atoms with E-state index >= 15 is 0 Å². The molecule has 0 bridgehead atoms. The van der Waals surface area contributed by atoms with Gasteiger partial charge in [0.15, 0.2) is 17.5 Å². The van der Waals surface area contributed by atoms with Crippen molar-refractivity contribution in [2.75, 3.05) is 5.32 Å². The fourth-order valence-corrected chi connectivity index (χ4v) is 0.840. The van der Waals surface area contributed by atoms with Crippen LogP contribution in [0.4, 0.5) is 18.9 Å². The van der Waals surface area contributed by atoms with Gasteiger partial charge in [-0.3, -0.25) is 0 Å². The van der Waals surface area contributed by atoms with Crippen molar-refractivity contribution in [3.05, 3.63) is 41.9 Å². The normalized spacial score (nSPS) is 10.6. The van der Waals surface area contributed by atoms with Crippen LogP contribution in [0.5, 0.6) is 0 Å². The van der Waals surface area contributed by atoms with Gasteiger partial charge in [-0.15, -0.1) is 0 Å². The van der Waals surface area contributed by atoms with Crippen molar-refractivity contribution < 1.29 is 23.1 Å². The number of hydrogen-bond acceptors (Lipinski definition) is 2. The van der Waals surface area contributed by atoms with E-state index < -0.39 is 23.4 Å². The van der Waals surface area contributed by atoms with E-state index in [-0.39, 0.29) is 5.69 Å². The van der Waals surface area contributed by atoms with Gasteiger partial charge in [-0.25, -0.2) is 18.0 Å². The van der Waals surface area contributed by atoms with Gasteiger partial charge < -0.3 is 10.4 Å². The maximum absolute atomic E-state index is 12.9. The SMILES string of the molecule is O=C(O)/C=C/Nc1ccc(F)c(F)c1F. The highest BCUT2D eigenvalue weighted by Gasteiger charge is 2.11. The number of carboxylic acid groups (broad SMARTS) is 1. The molecule has 0 radical (unpaired) electrons. The zero-order valence-electron chi connectivity index (χ0n) is 7.30. The van der Waals surface area contributed by atoms with Gasteiger partial charge in [0.1, 0.15) is 0 Å². The molecule has 0 aliphatic rings. The molecule has 6 heteroatoms. The number of halogens is 3. The zero-order chi connectivity index (χ0) is 11.4. The molecule has 0 aliphatic carbocycles. The highest BCUT2D eigenvalue weighted by atomic mass is 19.2. The van der Waals surface area contributed by atoms with E-state index in [4.69, 9.17) is 5.11 Å². The zero-order valence-corrected chi connectivity index (χ0v) is 7.30. The summed E-state index contributed by atoms with van der Waals surface area (Å²) >= 11 is 0. The van der Waals surface area contributed by atoms with Crippen LogP contribution in [0.25, 0.3) is 0 Å². The van der Waals surface area contributed by atoms with Crippen molar-refractivity contribution in [1.29, 1.82) is 0 Å². The van der Waals surface area contributed by atoms with E-state index in [2.05, 4.69) is 5.32 Å². The molecule has 0 saturated carbocycles. The number of rotatable bonds is 3. The number of carbonyl (C=O) groups is 1. The molecule has 0 spiro atoms. The molecule has 15 heavy (non-hydrogen) atoms. The Labute approximate surface area is 82.8 Å². The number of nitrogens with one attached hydrogen (secondary N) is 1. The van der Waals surface area contributed by atoms with Crippen LogP contribution in [-0.4, -0.2) is 11.1 Å². The summed E-state index contributed by atoms with van der Waals surface area (Å²) in [6.07, 6.45) is 1.60. The summed E-state index contributed by atoms with van der Waals surface area (Å²) in [5, 5.41) is 10.4.